The Kier molecular flexibility index (Phi) is 6.92. The molecule has 0 radical (unpaired) electrons. The number of benzene rings is 2. The summed E-state index contributed by atoms with van der Waals surface area (Å²) in [6.07, 6.45) is 1.06. The van der Waals surface area contributed by atoms with Crippen LogP contribution in [0.25, 0.3) is 0 Å². The Labute approximate surface area is 170 Å². The molecular weight excluding hydrogens is 348 g/mol. The largest absolute Gasteiger partial charge is 0.514 e. The van der Waals surface area contributed by atoms with E-state index in [0.29, 0.717) is 5.75 Å². The zero-order valence-electron chi connectivity index (χ0n) is 18.3. The minimum atomic E-state index is -0.657. The van der Waals surface area contributed by atoms with E-state index in [0.717, 1.165) is 18.4 Å². The molecule has 2 aromatic carbocycles. The van der Waals surface area contributed by atoms with Crippen molar-refractivity contribution in [3.63, 3.8) is 0 Å². The van der Waals surface area contributed by atoms with Gasteiger partial charge >= 0.3 is 6.16 Å². The van der Waals surface area contributed by atoms with E-state index in [1.165, 1.54) is 11.1 Å². The third-order valence-corrected chi connectivity index (χ3v) is 5.92. The van der Waals surface area contributed by atoms with Gasteiger partial charge in [0, 0.05) is 5.41 Å². The van der Waals surface area contributed by atoms with Crippen LogP contribution in [0.1, 0.15) is 78.0 Å². The molecule has 0 spiro atoms. The van der Waals surface area contributed by atoms with Crippen molar-refractivity contribution < 1.29 is 14.3 Å². The molecule has 1 atom stereocenters. The molecule has 3 heteroatoms. The van der Waals surface area contributed by atoms with Crippen LogP contribution in [0, 0.1) is 0 Å². The molecule has 0 aliphatic rings. The van der Waals surface area contributed by atoms with Crippen molar-refractivity contribution in [3.8, 4) is 5.75 Å². The van der Waals surface area contributed by atoms with Crippen LogP contribution in [-0.2, 0) is 15.6 Å². The van der Waals surface area contributed by atoms with Gasteiger partial charge in [0.25, 0.3) is 0 Å². The second-order valence-electron chi connectivity index (χ2n) is 8.65. The second-order valence-corrected chi connectivity index (χ2v) is 8.65. The summed E-state index contributed by atoms with van der Waals surface area (Å²) in [6.45, 7) is 15.0. The molecule has 0 aliphatic heterocycles. The third kappa shape index (κ3) is 5.15. The minimum Gasteiger partial charge on any atom is -0.431 e. The van der Waals surface area contributed by atoms with E-state index >= 15 is 0 Å². The van der Waals surface area contributed by atoms with E-state index in [9.17, 15) is 4.79 Å². The summed E-state index contributed by atoms with van der Waals surface area (Å²) in [4.78, 5) is 11.8. The highest BCUT2D eigenvalue weighted by Crippen LogP contribution is 2.34. The van der Waals surface area contributed by atoms with Gasteiger partial charge in [-0.2, -0.15) is 0 Å². The first-order valence-electron chi connectivity index (χ1n) is 10.2. The van der Waals surface area contributed by atoms with Crippen LogP contribution < -0.4 is 4.74 Å². The van der Waals surface area contributed by atoms with E-state index in [-0.39, 0.29) is 16.9 Å². The van der Waals surface area contributed by atoms with Crippen LogP contribution in [0.2, 0.25) is 0 Å². The summed E-state index contributed by atoms with van der Waals surface area (Å²) < 4.78 is 10.4. The maximum Gasteiger partial charge on any atom is 0.514 e. The average molecular weight is 383 g/mol. The predicted molar refractivity (Wildman–Crippen MR) is 115 cm³/mol. The zero-order chi connectivity index (χ0) is 20.9. The minimum absolute atomic E-state index is 0.147. The summed E-state index contributed by atoms with van der Waals surface area (Å²) in [5.41, 5.74) is 3.82. The van der Waals surface area contributed by atoms with Gasteiger partial charge in [-0.25, -0.2) is 4.79 Å². The maximum absolute atomic E-state index is 11.8. The van der Waals surface area contributed by atoms with Crippen molar-refractivity contribution in [3.05, 3.63) is 65.2 Å². The van der Waals surface area contributed by atoms with E-state index in [1.807, 2.05) is 38.1 Å². The van der Waals surface area contributed by atoms with E-state index in [4.69, 9.17) is 9.47 Å². The molecule has 0 fully saturated rings. The topological polar surface area (TPSA) is 35.5 Å². The molecule has 3 nitrogen and oxygen atoms in total. The standard InChI is InChI=1S/C25H34O3/c1-8-18(3)27-23(26)28-22-16-14-21(15-17-22)25(6,7)20-12-10-19(11-13-20)24(4,5)9-2/h10-18H,8-9H2,1-7H3. The molecule has 0 N–H and O–H groups in total. The smallest absolute Gasteiger partial charge is 0.431 e. The van der Waals surface area contributed by atoms with Crippen molar-refractivity contribution in [1.82, 2.24) is 0 Å². The van der Waals surface area contributed by atoms with Gasteiger partial charge in [-0.15, -0.1) is 0 Å². The lowest BCUT2D eigenvalue weighted by molar-refractivity contribution is 0.0643. The van der Waals surface area contributed by atoms with Crippen molar-refractivity contribution >= 4 is 6.16 Å². The van der Waals surface area contributed by atoms with Gasteiger partial charge in [-0.3, -0.25) is 0 Å². The lowest BCUT2D eigenvalue weighted by atomic mass is 9.76. The molecule has 0 aromatic heterocycles. The fraction of sp³-hybridized carbons (Fsp3) is 0.480. The van der Waals surface area contributed by atoms with Crippen LogP contribution >= 0.6 is 0 Å². The molecule has 152 valence electrons. The van der Waals surface area contributed by atoms with Gasteiger partial charge in [0.15, 0.2) is 0 Å². The Bertz CT molecular complexity index is 770. The SMILES string of the molecule is CCC(C)OC(=O)Oc1ccc(C(C)(C)c2ccc(C(C)(C)CC)cc2)cc1. The van der Waals surface area contributed by atoms with Crippen molar-refractivity contribution in [2.24, 2.45) is 0 Å². The second kappa shape index (κ2) is 8.81. The summed E-state index contributed by atoms with van der Waals surface area (Å²) in [6, 6.07) is 16.6. The van der Waals surface area contributed by atoms with Crippen LogP contribution in [0.5, 0.6) is 5.75 Å². The third-order valence-electron chi connectivity index (χ3n) is 5.92. The predicted octanol–water partition coefficient (Wildman–Crippen LogP) is 7.01. The number of ether oxygens (including phenoxy) is 2. The number of rotatable bonds is 7. The van der Waals surface area contributed by atoms with Crippen molar-refractivity contribution in [2.75, 3.05) is 0 Å². The van der Waals surface area contributed by atoms with E-state index < -0.39 is 6.16 Å². The first kappa shape index (κ1) is 22.0. The zero-order valence-corrected chi connectivity index (χ0v) is 18.3. The molecule has 28 heavy (non-hydrogen) atoms. The lowest BCUT2D eigenvalue weighted by Gasteiger charge is -2.28. The highest BCUT2D eigenvalue weighted by molar-refractivity contribution is 5.64. The Morgan fingerprint density at radius 2 is 1.32 bits per heavy atom. The lowest BCUT2D eigenvalue weighted by Crippen LogP contribution is -2.20. The highest BCUT2D eigenvalue weighted by Gasteiger charge is 2.25. The Morgan fingerprint density at radius 1 is 0.857 bits per heavy atom. The van der Waals surface area contributed by atoms with Gasteiger partial charge in [0.1, 0.15) is 11.9 Å². The van der Waals surface area contributed by atoms with Gasteiger partial charge in [-0.1, -0.05) is 77.9 Å². The van der Waals surface area contributed by atoms with Gasteiger partial charge in [-0.05, 0) is 54.0 Å². The van der Waals surface area contributed by atoms with Crippen LogP contribution in [-0.4, -0.2) is 12.3 Å². The monoisotopic (exact) mass is 382 g/mol. The Hall–Kier alpha value is -2.29. The van der Waals surface area contributed by atoms with Crippen LogP contribution in [0.3, 0.4) is 0 Å². The molecule has 0 aliphatic carbocycles. The highest BCUT2D eigenvalue weighted by atomic mass is 16.7. The summed E-state index contributed by atoms with van der Waals surface area (Å²) in [5.74, 6) is 0.493. The molecule has 0 heterocycles. The normalized spacial score (nSPS) is 13.1. The molecule has 0 amide bonds. The molecule has 2 aromatic rings. The number of carbonyl (C=O) groups is 1. The molecule has 0 bridgehead atoms. The van der Waals surface area contributed by atoms with Gasteiger partial charge in [0.2, 0.25) is 0 Å². The fourth-order valence-corrected chi connectivity index (χ4v) is 3.02. The Morgan fingerprint density at radius 3 is 1.79 bits per heavy atom. The van der Waals surface area contributed by atoms with Gasteiger partial charge < -0.3 is 9.47 Å². The quantitative estimate of drug-likeness (QED) is 0.381. The number of hydrogen-bond acceptors (Lipinski definition) is 3. The number of carbonyl (C=O) groups excluding carboxylic acids is 1. The molecule has 1 unspecified atom stereocenters. The molecular formula is C25H34O3. The van der Waals surface area contributed by atoms with Gasteiger partial charge in [0.05, 0.1) is 0 Å². The molecule has 2 rings (SSSR count). The first-order valence-corrected chi connectivity index (χ1v) is 10.2. The average Bonchev–Trinajstić information content (AvgIpc) is 2.68. The van der Waals surface area contributed by atoms with Crippen molar-refractivity contribution in [2.45, 2.75) is 78.2 Å². The summed E-state index contributed by atoms with van der Waals surface area (Å²) in [7, 11) is 0. The molecule has 0 saturated carbocycles. The van der Waals surface area contributed by atoms with Crippen molar-refractivity contribution in [1.29, 1.82) is 0 Å². The van der Waals surface area contributed by atoms with E-state index in [2.05, 4.69) is 58.9 Å². The summed E-state index contributed by atoms with van der Waals surface area (Å²) >= 11 is 0. The molecule has 0 saturated heterocycles. The number of hydrogen-bond donors (Lipinski definition) is 0. The first-order chi connectivity index (χ1) is 13.1. The Balaban J connectivity index is 2.14. The van der Waals surface area contributed by atoms with Crippen LogP contribution in [0.4, 0.5) is 4.79 Å². The summed E-state index contributed by atoms with van der Waals surface area (Å²) in [5, 5.41) is 0. The van der Waals surface area contributed by atoms with Crippen LogP contribution in [0.15, 0.2) is 48.5 Å². The van der Waals surface area contributed by atoms with E-state index in [1.54, 1.807) is 0 Å². The maximum atomic E-state index is 11.8. The fourth-order valence-electron chi connectivity index (χ4n) is 3.02.